The van der Waals surface area contributed by atoms with Gasteiger partial charge in [0.05, 0.1) is 13.2 Å². The van der Waals surface area contributed by atoms with Gasteiger partial charge < -0.3 is 19.9 Å². The number of rotatable bonds is 8. The summed E-state index contributed by atoms with van der Waals surface area (Å²) in [7, 11) is 0. The average Bonchev–Trinajstić information content (AvgIpc) is 3.24. The summed E-state index contributed by atoms with van der Waals surface area (Å²) in [4.78, 5) is 36.2. The van der Waals surface area contributed by atoms with Crippen molar-refractivity contribution in [3.05, 3.63) is 71.0 Å². The first-order chi connectivity index (χ1) is 19.5. The first-order valence-electron chi connectivity index (χ1n) is 14.6. The fourth-order valence-corrected chi connectivity index (χ4v) is 5.99. The largest absolute Gasteiger partial charge is 0.379 e. The van der Waals surface area contributed by atoms with Gasteiger partial charge in [-0.2, -0.15) is 0 Å². The second kappa shape index (κ2) is 13.7. The molecule has 8 nitrogen and oxygen atoms in total. The number of nitrogens with zero attached hydrogens (tertiary/aromatic N) is 4. The summed E-state index contributed by atoms with van der Waals surface area (Å²) >= 11 is 0. The molecule has 3 aliphatic rings. The van der Waals surface area contributed by atoms with E-state index < -0.39 is 6.04 Å². The van der Waals surface area contributed by atoms with Crippen molar-refractivity contribution in [2.45, 2.75) is 38.4 Å². The van der Waals surface area contributed by atoms with Gasteiger partial charge in [0.1, 0.15) is 11.9 Å². The second-order valence-electron chi connectivity index (χ2n) is 11.2. The maximum absolute atomic E-state index is 13.9. The van der Waals surface area contributed by atoms with Gasteiger partial charge in [0, 0.05) is 70.5 Å². The molecule has 2 amide bonds. The van der Waals surface area contributed by atoms with Crippen molar-refractivity contribution in [3.8, 4) is 0 Å². The smallest absolute Gasteiger partial charge is 0.254 e. The molecule has 0 aromatic heterocycles. The van der Waals surface area contributed by atoms with Gasteiger partial charge in [-0.25, -0.2) is 4.39 Å². The van der Waals surface area contributed by atoms with E-state index in [-0.39, 0.29) is 23.7 Å². The Morgan fingerprint density at radius 2 is 1.75 bits per heavy atom. The van der Waals surface area contributed by atoms with Crippen LogP contribution in [0.5, 0.6) is 0 Å². The third-order valence-corrected chi connectivity index (χ3v) is 8.40. The molecule has 2 aromatic rings. The van der Waals surface area contributed by atoms with Crippen LogP contribution in [0.15, 0.2) is 48.5 Å². The number of nitrogens with one attached hydrogen (secondary N) is 1. The van der Waals surface area contributed by atoms with E-state index in [0.29, 0.717) is 31.6 Å². The van der Waals surface area contributed by atoms with E-state index in [1.807, 2.05) is 4.90 Å². The zero-order chi connectivity index (χ0) is 27.9. The Hall–Kier alpha value is -2.85. The number of carbonyl (C=O) groups excluding carboxylic acids is 2. The summed E-state index contributed by atoms with van der Waals surface area (Å²) in [6, 6.07) is 13.8. The van der Waals surface area contributed by atoms with Gasteiger partial charge in [-0.3, -0.25) is 19.4 Å². The Bertz CT molecular complexity index is 1110. The standard InChI is InChI=1S/C31H42FN5O3/c1-24-3-5-25(6-4-24)22-36(16-15-34-17-19-40-20-18-34)28-21-29(31(39)35-13-2-11-33-12-14-35)37(23-28)30(38)26-7-9-27(32)10-8-26/h3-10,28-29,33H,2,11-23H2,1H3. The fourth-order valence-electron chi connectivity index (χ4n) is 5.99. The van der Waals surface area contributed by atoms with Gasteiger partial charge in [-0.15, -0.1) is 0 Å². The van der Waals surface area contributed by atoms with Gasteiger partial charge in [0.2, 0.25) is 5.91 Å². The van der Waals surface area contributed by atoms with Crippen molar-refractivity contribution < 1.29 is 18.7 Å². The van der Waals surface area contributed by atoms with Gasteiger partial charge in [-0.1, -0.05) is 29.8 Å². The zero-order valence-electron chi connectivity index (χ0n) is 23.6. The van der Waals surface area contributed by atoms with Crippen molar-refractivity contribution in [2.24, 2.45) is 0 Å². The minimum absolute atomic E-state index is 0.0186. The van der Waals surface area contributed by atoms with Crippen LogP contribution in [0.4, 0.5) is 4.39 Å². The van der Waals surface area contributed by atoms with Crippen molar-refractivity contribution in [1.82, 2.24) is 24.9 Å². The molecule has 2 atom stereocenters. The maximum atomic E-state index is 13.9. The van der Waals surface area contributed by atoms with E-state index in [9.17, 15) is 14.0 Å². The molecule has 0 bridgehead atoms. The van der Waals surface area contributed by atoms with Gasteiger partial charge in [-0.05, 0) is 56.1 Å². The van der Waals surface area contributed by atoms with Crippen LogP contribution >= 0.6 is 0 Å². The van der Waals surface area contributed by atoms with Gasteiger partial charge in [0.15, 0.2) is 0 Å². The number of morpholine rings is 1. The SMILES string of the molecule is Cc1ccc(CN(CCN2CCOCC2)C2CC(C(=O)N3CCCNCC3)N(C(=O)c3ccc(F)cc3)C2)cc1. The van der Waals surface area contributed by atoms with Crippen LogP contribution in [0.3, 0.4) is 0 Å². The quantitative estimate of drug-likeness (QED) is 0.544. The molecule has 0 aliphatic carbocycles. The highest BCUT2D eigenvalue weighted by Gasteiger charge is 2.43. The first-order valence-corrected chi connectivity index (χ1v) is 14.6. The van der Waals surface area contributed by atoms with Crippen LogP contribution in [0.1, 0.15) is 34.3 Å². The number of ether oxygens (including phenoxy) is 1. The highest BCUT2D eigenvalue weighted by atomic mass is 19.1. The molecular formula is C31H42FN5O3. The number of hydrogen-bond acceptors (Lipinski definition) is 6. The third kappa shape index (κ3) is 7.26. The summed E-state index contributed by atoms with van der Waals surface area (Å²) in [5, 5.41) is 3.36. The molecule has 0 radical (unpaired) electrons. The number of likely N-dealkylation sites (tertiary alicyclic amines) is 1. The normalized spacial score (nSPS) is 22.5. The number of carbonyl (C=O) groups is 2. The molecule has 3 fully saturated rings. The van der Waals surface area contributed by atoms with E-state index in [4.69, 9.17) is 4.74 Å². The van der Waals surface area contributed by atoms with E-state index in [1.165, 1.54) is 35.4 Å². The molecule has 0 spiro atoms. The topological polar surface area (TPSA) is 68.4 Å². The number of aryl methyl sites for hydroxylation is 1. The molecule has 1 N–H and O–H groups in total. The maximum Gasteiger partial charge on any atom is 0.254 e. The van der Waals surface area contributed by atoms with E-state index in [0.717, 1.165) is 65.4 Å². The van der Waals surface area contributed by atoms with E-state index in [1.54, 1.807) is 4.90 Å². The number of hydrogen-bond donors (Lipinski definition) is 1. The Balaban J connectivity index is 1.39. The highest BCUT2D eigenvalue weighted by Crippen LogP contribution is 2.28. The average molecular weight is 552 g/mol. The lowest BCUT2D eigenvalue weighted by Crippen LogP contribution is -2.48. The molecule has 9 heteroatoms. The van der Waals surface area contributed by atoms with Gasteiger partial charge >= 0.3 is 0 Å². The van der Waals surface area contributed by atoms with Gasteiger partial charge in [0.25, 0.3) is 5.91 Å². The number of halogens is 1. The highest BCUT2D eigenvalue weighted by molar-refractivity contribution is 5.98. The molecule has 5 rings (SSSR count). The van der Waals surface area contributed by atoms with Crippen LogP contribution in [0.2, 0.25) is 0 Å². The Labute approximate surface area is 237 Å². The number of benzene rings is 2. The molecule has 2 unspecified atom stereocenters. The minimum atomic E-state index is -0.537. The van der Waals surface area contributed by atoms with Crippen LogP contribution in [-0.2, 0) is 16.1 Å². The Morgan fingerprint density at radius 1 is 1.00 bits per heavy atom. The molecule has 3 heterocycles. The molecule has 40 heavy (non-hydrogen) atoms. The molecule has 216 valence electrons. The lowest BCUT2D eigenvalue weighted by Gasteiger charge is -2.33. The van der Waals surface area contributed by atoms with Crippen molar-refractivity contribution in [1.29, 1.82) is 0 Å². The second-order valence-corrected chi connectivity index (χ2v) is 11.2. The third-order valence-electron chi connectivity index (χ3n) is 8.40. The molecular weight excluding hydrogens is 509 g/mol. The Morgan fingerprint density at radius 3 is 2.50 bits per heavy atom. The van der Waals surface area contributed by atoms with Crippen molar-refractivity contribution >= 4 is 11.8 Å². The molecule has 3 saturated heterocycles. The lowest BCUT2D eigenvalue weighted by atomic mass is 10.1. The van der Waals surface area contributed by atoms with Crippen LogP contribution in [0, 0.1) is 12.7 Å². The molecule has 0 saturated carbocycles. The predicted molar refractivity (Wildman–Crippen MR) is 153 cm³/mol. The lowest BCUT2D eigenvalue weighted by molar-refractivity contribution is -0.135. The molecule has 3 aliphatic heterocycles. The Kier molecular flexibility index (Phi) is 9.80. The fraction of sp³-hybridized carbons (Fsp3) is 0.548. The summed E-state index contributed by atoms with van der Waals surface area (Å²) in [5.74, 6) is -0.574. The summed E-state index contributed by atoms with van der Waals surface area (Å²) in [5.41, 5.74) is 2.85. The predicted octanol–water partition coefficient (Wildman–Crippen LogP) is 2.37. The first kappa shape index (κ1) is 28.7. The monoisotopic (exact) mass is 551 g/mol. The van der Waals surface area contributed by atoms with E-state index >= 15 is 0 Å². The summed E-state index contributed by atoms with van der Waals surface area (Å²) in [6.45, 7) is 11.4. The minimum Gasteiger partial charge on any atom is -0.379 e. The van der Waals surface area contributed by atoms with Crippen molar-refractivity contribution in [2.75, 3.05) is 72.1 Å². The van der Waals surface area contributed by atoms with Crippen LogP contribution < -0.4 is 5.32 Å². The zero-order valence-corrected chi connectivity index (χ0v) is 23.6. The summed E-state index contributed by atoms with van der Waals surface area (Å²) in [6.07, 6.45) is 1.48. The molecule has 2 aromatic carbocycles. The van der Waals surface area contributed by atoms with Crippen molar-refractivity contribution in [3.63, 3.8) is 0 Å². The summed E-state index contributed by atoms with van der Waals surface area (Å²) < 4.78 is 19.2. The van der Waals surface area contributed by atoms with Crippen LogP contribution in [-0.4, -0.2) is 116 Å². The van der Waals surface area contributed by atoms with E-state index in [2.05, 4.69) is 46.3 Å². The van der Waals surface area contributed by atoms with Crippen LogP contribution in [0.25, 0.3) is 0 Å². The number of amides is 2.